The molecule has 4 nitrogen and oxygen atoms in total. The molecule has 0 bridgehead atoms. The first-order valence-corrected chi connectivity index (χ1v) is 10.3. The first-order chi connectivity index (χ1) is 13.0. The average molecular weight is 424 g/mol. The number of hydrogen-bond acceptors (Lipinski definition) is 3. The third kappa shape index (κ3) is 3.14. The fourth-order valence-electron chi connectivity index (χ4n) is 3.83. The number of hydrogen-bond donors (Lipinski definition) is 0. The van der Waals surface area contributed by atoms with E-state index in [2.05, 4.69) is 34.3 Å². The molecule has 0 fully saturated rings. The number of aromatic nitrogens is 2. The highest BCUT2D eigenvalue weighted by molar-refractivity contribution is 6.36. The Labute approximate surface area is 174 Å². The quantitative estimate of drug-likeness (QED) is 0.486. The van der Waals surface area contributed by atoms with Gasteiger partial charge in [-0.05, 0) is 50.6 Å². The Balaban J connectivity index is 1.94. The smallest absolute Gasteiger partial charge is 0.211 e. The van der Waals surface area contributed by atoms with Crippen molar-refractivity contribution in [3.05, 3.63) is 45.4 Å². The number of benzene rings is 2. The molecule has 1 aliphatic heterocycles. The lowest BCUT2D eigenvalue weighted by Gasteiger charge is -2.31. The SMILES string of the molecule is CCN(CC)c1ccc(Cl)c2nc3n(c12)CCCN3c1ccc(Cl)cc1Cl. The summed E-state index contributed by atoms with van der Waals surface area (Å²) >= 11 is 19.1. The molecule has 1 aliphatic rings. The number of fused-ring (bicyclic) bond motifs is 3. The summed E-state index contributed by atoms with van der Waals surface area (Å²) in [6.45, 7) is 7.94. The minimum Gasteiger partial charge on any atom is -0.370 e. The van der Waals surface area contributed by atoms with Crippen LogP contribution in [0.2, 0.25) is 15.1 Å². The normalized spacial score (nSPS) is 13.9. The van der Waals surface area contributed by atoms with E-state index >= 15 is 0 Å². The lowest BCUT2D eigenvalue weighted by Crippen LogP contribution is -2.29. The Kier molecular flexibility index (Phi) is 5.15. The van der Waals surface area contributed by atoms with Crippen LogP contribution in [0, 0.1) is 0 Å². The Bertz CT molecular complexity index is 995. The molecule has 0 atom stereocenters. The van der Waals surface area contributed by atoms with Crippen LogP contribution in [0.4, 0.5) is 17.3 Å². The zero-order valence-corrected chi connectivity index (χ0v) is 17.6. The van der Waals surface area contributed by atoms with E-state index in [1.54, 1.807) is 6.07 Å². The Morgan fingerprint density at radius 2 is 1.78 bits per heavy atom. The topological polar surface area (TPSA) is 24.3 Å². The van der Waals surface area contributed by atoms with E-state index in [4.69, 9.17) is 39.8 Å². The first-order valence-electron chi connectivity index (χ1n) is 9.21. The van der Waals surface area contributed by atoms with Gasteiger partial charge in [-0.2, -0.15) is 0 Å². The van der Waals surface area contributed by atoms with E-state index in [1.165, 1.54) is 5.69 Å². The molecule has 0 N–H and O–H groups in total. The van der Waals surface area contributed by atoms with Crippen LogP contribution in [-0.2, 0) is 6.54 Å². The van der Waals surface area contributed by atoms with Crippen molar-refractivity contribution in [1.29, 1.82) is 0 Å². The van der Waals surface area contributed by atoms with Crippen molar-refractivity contribution in [1.82, 2.24) is 9.55 Å². The molecule has 142 valence electrons. The Hall–Kier alpha value is -1.62. The molecule has 0 saturated carbocycles. The van der Waals surface area contributed by atoms with Gasteiger partial charge in [-0.15, -0.1) is 0 Å². The van der Waals surface area contributed by atoms with Crippen molar-refractivity contribution in [3.8, 4) is 0 Å². The minimum absolute atomic E-state index is 0.623. The lowest BCUT2D eigenvalue weighted by atomic mass is 10.2. The Morgan fingerprint density at radius 1 is 1.00 bits per heavy atom. The number of nitrogens with zero attached hydrogens (tertiary/aromatic N) is 4. The van der Waals surface area contributed by atoms with Gasteiger partial charge in [0.05, 0.1) is 26.9 Å². The minimum atomic E-state index is 0.623. The van der Waals surface area contributed by atoms with Crippen LogP contribution in [-0.4, -0.2) is 29.2 Å². The van der Waals surface area contributed by atoms with Crippen molar-refractivity contribution in [2.24, 2.45) is 0 Å². The van der Waals surface area contributed by atoms with E-state index in [0.717, 1.165) is 55.3 Å². The second-order valence-electron chi connectivity index (χ2n) is 6.60. The molecule has 0 radical (unpaired) electrons. The maximum Gasteiger partial charge on any atom is 0.211 e. The molecular weight excluding hydrogens is 403 g/mol. The van der Waals surface area contributed by atoms with Gasteiger partial charge in [-0.3, -0.25) is 0 Å². The van der Waals surface area contributed by atoms with Gasteiger partial charge < -0.3 is 14.4 Å². The number of halogens is 3. The van der Waals surface area contributed by atoms with Gasteiger partial charge in [-0.1, -0.05) is 34.8 Å². The predicted molar refractivity (Wildman–Crippen MR) is 116 cm³/mol. The Morgan fingerprint density at radius 3 is 2.48 bits per heavy atom. The highest BCUT2D eigenvalue weighted by Gasteiger charge is 2.27. The summed E-state index contributed by atoms with van der Waals surface area (Å²) in [5.41, 5.74) is 4.02. The molecule has 0 unspecified atom stereocenters. The van der Waals surface area contributed by atoms with Gasteiger partial charge in [0.15, 0.2) is 0 Å². The summed E-state index contributed by atoms with van der Waals surface area (Å²) in [5, 5.41) is 1.92. The van der Waals surface area contributed by atoms with Crippen LogP contribution in [0.25, 0.3) is 11.0 Å². The van der Waals surface area contributed by atoms with E-state index in [9.17, 15) is 0 Å². The summed E-state index contributed by atoms with van der Waals surface area (Å²) in [4.78, 5) is 9.42. The molecule has 2 heterocycles. The molecular formula is C20H21Cl3N4. The second kappa shape index (κ2) is 7.42. The van der Waals surface area contributed by atoms with Crippen molar-refractivity contribution in [3.63, 3.8) is 0 Å². The van der Waals surface area contributed by atoms with Gasteiger partial charge in [0, 0.05) is 31.2 Å². The molecule has 7 heteroatoms. The molecule has 1 aromatic heterocycles. The molecule has 0 saturated heterocycles. The fraction of sp³-hybridized carbons (Fsp3) is 0.350. The van der Waals surface area contributed by atoms with Crippen LogP contribution in [0.3, 0.4) is 0 Å². The molecule has 0 amide bonds. The van der Waals surface area contributed by atoms with Gasteiger partial charge >= 0.3 is 0 Å². The molecule has 2 aromatic carbocycles. The van der Waals surface area contributed by atoms with Crippen molar-refractivity contribution >= 4 is 63.2 Å². The molecule has 27 heavy (non-hydrogen) atoms. The molecule has 0 aliphatic carbocycles. The van der Waals surface area contributed by atoms with Gasteiger partial charge in [0.1, 0.15) is 5.52 Å². The predicted octanol–water partition coefficient (Wildman–Crippen LogP) is 6.38. The van der Waals surface area contributed by atoms with Crippen molar-refractivity contribution in [2.75, 3.05) is 29.4 Å². The van der Waals surface area contributed by atoms with Gasteiger partial charge in [0.25, 0.3) is 0 Å². The summed E-state index contributed by atoms with van der Waals surface area (Å²) in [6, 6.07) is 9.62. The largest absolute Gasteiger partial charge is 0.370 e. The molecule has 0 spiro atoms. The number of aryl methyl sites for hydroxylation is 1. The third-order valence-corrected chi connectivity index (χ3v) is 5.96. The van der Waals surface area contributed by atoms with E-state index in [1.807, 2.05) is 18.2 Å². The summed E-state index contributed by atoms with van der Waals surface area (Å²) in [7, 11) is 0. The summed E-state index contributed by atoms with van der Waals surface area (Å²) in [6.07, 6.45) is 1.00. The molecule has 4 rings (SSSR count). The number of imidazole rings is 1. The highest BCUT2D eigenvalue weighted by Crippen LogP contribution is 2.41. The maximum atomic E-state index is 6.53. The van der Waals surface area contributed by atoms with Crippen molar-refractivity contribution < 1.29 is 0 Å². The van der Waals surface area contributed by atoms with Crippen LogP contribution in [0.15, 0.2) is 30.3 Å². The number of rotatable bonds is 4. The third-order valence-electron chi connectivity index (χ3n) is 5.11. The van der Waals surface area contributed by atoms with Crippen molar-refractivity contribution in [2.45, 2.75) is 26.8 Å². The van der Waals surface area contributed by atoms with E-state index < -0.39 is 0 Å². The van der Waals surface area contributed by atoms with E-state index in [0.29, 0.717) is 15.1 Å². The van der Waals surface area contributed by atoms with Crippen LogP contribution in [0.5, 0.6) is 0 Å². The lowest BCUT2D eigenvalue weighted by molar-refractivity contribution is 0.603. The second-order valence-corrected chi connectivity index (χ2v) is 7.85. The van der Waals surface area contributed by atoms with E-state index in [-0.39, 0.29) is 0 Å². The molecule has 3 aromatic rings. The van der Waals surface area contributed by atoms with Crippen LogP contribution < -0.4 is 9.80 Å². The fourth-order valence-corrected chi connectivity index (χ4v) is 4.54. The maximum absolute atomic E-state index is 6.53. The van der Waals surface area contributed by atoms with Gasteiger partial charge in [0.2, 0.25) is 5.95 Å². The van der Waals surface area contributed by atoms with Crippen LogP contribution in [0.1, 0.15) is 20.3 Å². The average Bonchev–Trinajstić information content (AvgIpc) is 3.05. The standard InChI is InChI=1S/C20H21Cl3N4/c1-3-25(4-2)17-9-7-14(22)18-19(17)27-11-5-10-26(20(27)24-18)16-8-6-13(21)12-15(16)23/h6-9,12H,3-5,10-11H2,1-2H3. The number of anilines is 3. The monoisotopic (exact) mass is 422 g/mol. The van der Waals surface area contributed by atoms with Crippen LogP contribution >= 0.6 is 34.8 Å². The zero-order valence-electron chi connectivity index (χ0n) is 15.3. The summed E-state index contributed by atoms with van der Waals surface area (Å²) < 4.78 is 2.27. The first kappa shape index (κ1) is 18.7. The summed E-state index contributed by atoms with van der Waals surface area (Å²) in [5.74, 6) is 0.877. The highest BCUT2D eigenvalue weighted by atomic mass is 35.5. The van der Waals surface area contributed by atoms with Gasteiger partial charge in [-0.25, -0.2) is 4.98 Å². The zero-order chi connectivity index (χ0) is 19.1.